The fourth-order valence-corrected chi connectivity index (χ4v) is 9.49. The molecule has 4 aromatic rings. The van der Waals surface area contributed by atoms with Crippen molar-refractivity contribution in [3.05, 3.63) is 106 Å². The second-order valence-corrected chi connectivity index (χ2v) is 20.4. The molecule has 0 unspecified atom stereocenters. The molecule has 0 atom stereocenters. The Morgan fingerprint density at radius 1 is 0.521 bits per heavy atom. The SMILES string of the molecule is CC(C)(C)c1cc(N2c3cc(C(C)(C)C)ccc3B3c4cc5c(cc4C(C)(C)c4cccc2c43)C(C)(C)CC5(C)C)cc(C(C)(C)C)c1. The zero-order valence-electron chi connectivity index (χ0n) is 32.6. The van der Waals surface area contributed by atoms with Gasteiger partial charge in [-0.15, -0.1) is 0 Å². The summed E-state index contributed by atoms with van der Waals surface area (Å²) in [7, 11) is 0. The van der Waals surface area contributed by atoms with Gasteiger partial charge in [-0.2, -0.15) is 0 Å². The van der Waals surface area contributed by atoms with Crippen LogP contribution in [-0.2, 0) is 32.5 Å². The quantitative estimate of drug-likeness (QED) is 0.166. The summed E-state index contributed by atoms with van der Waals surface area (Å²) < 4.78 is 0. The van der Waals surface area contributed by atoms with Crippen LogP contribution in [0.3, 0.4) is 0 Å². The van der Waals surface area contributed by atoms with Crippen LogP contribution < -0.4 is 21.3 Å². The third kappa shape index (κ3) is 4.86. The van der Waals surface area contributed by atoms with Gasteiger partial charge >= 0.3 is 0 Å². The lowest BCUT2D eigenvalue weighted by atomic mass is 9.30. The first-order valence-corrected chi connectivity index (χ1v) is 18.4. The summed E-state index contributed by atoms with van der Waals surface area (Å²) in [5.41, 5.74) is 18.9. The van der Waals surface area contributed by atoms with Crippen molar-refractivity contribution in [3.8, 4) is 0 Å². The van der Waals surface area contributed by atoms with Crippen LogP contribution in [0.4, 0.5) is 17.1 Å². The topological polar surface area (TPSA) is 3.24 Å². The lowest BCUT2D eigenvalue weighted by Gasteiger charge is -2.46. The minimum absolute atomic E-state index is 0.0302. The Labute approximate surface area is 292 Å². The van der Waals surface area contributed by atoms with Gasteiger partial charge in [-0.25, -0.2) is 0 Å². The largest absolute Gasteiger partial charge is 0.311 e. The van der Waals surface area contributed by atoms with Crippen LogP contribution in [0.2, 0.25) is 0 Å². The van der Waals surface area contributed by atoms with Gasteiger partial charge in [-0.3, -0.25) is 0 Å². The Hall–Kier alpha value is -3.26. The van der Waals surface area contributed by atoms with Gasteiger partial charge in [-0.05, 0) is 108 Å². The van der Waals surface area contributed by atoms with E-state index in [0.29, 0.717) is 0 Å². The monoisotopic (exact) mass is 635 g/mol. The van der Waals surface area contributed by atoms with Gasteiger partial charge in [0.25, 0.3) is 0 Å². The maximum atomic E-state index is 2.65. The van der Waals surface area contributed by atoms with Crippen molar-refractivity contribution in [2.24, 2.45) is 0 Å². The third-order valence-electron chi connectivity index (χ3n) is 12.2. The first-order chi connectivity index (χ1) is 21.9. The molecular weight excluding hydrogens is 577 g/mol. The lowest BCUT2D eigenvalue weighted by Crippen LogP contribution is -2.64. The molecule has 0 fully saturated rings. The lowest BCUT2D eigenvalue weighted by molar-refractivity contribution is 0.403. The molecule has 1 aliphatic carbocycles. The van der Waals surface area contributed by atoms with Gasteiger partial charge in [0.15, 0.2) is 0 Å². The van der Waals surface area contributed by atoms with Gasteiger partial charge in [0, 0.05) is 22.5 Å². The fraction of sp³-hybridized carbons (Fsp3) is 0.478. The van der Waals surface area contributed by atoms with E-state index in [4.69, 9.17) is 0 Å². The minimum atomic E-state index is -0.118. The predicted octanol–water partition coefficient (Wildman–Crippen LogP) is 10.5. The van der Waals surface area contributed by atoms with Crippen molar-refractivity contribution < 1.29 is 0 Å². The molecule has 3 aliphatic rings. The summed E-state index contributed by atoms with van der Waals surface area (Å²) in [6.07, 6.45) is 1.18. The van der Waals surface area contributed by atoms with Crippen LogP contribution in [0, 0.1) is 0 Å². The normalized spacial score (nSPS) is 18.6. The molecule has 0 saturated carbocycles. The molecule has 0 saturated heterocycles. The molecule has 0 bridgehead atoms. The second kappa shape index (κ2) is 9.92. The average molecular weight is 636 g/mol. The molecule has 4 aromatic carbocycles. The molecule has 0 aromatic heterocycles. The number of anilines is 3. The highest BCUT2D eigenvalue weighted by Gasteiger charge is 2.49. The number of rotatable bonds is 1. The molecule has 7 rings (SSSR count). The molecule has 2 heterocycles. The van der Waals surface area contributed by atoms with Gasteiger partial charge in [-0.1, -0.05) is 152 Å². The van der Waals surface area contributed by atoms with Gasteiger partial charge in [0.2, 0.25) is 6.71 Å². The summed E-state index contributed by atoms with van der Waals surface area (Å²) in [5, 5.41) is 0. The van der Waals surface area contributed by atoms with Crippen molar-refractivity contribution >= 4 is 40.2 Å². The van der Waals surface area contributed by atoms with E-state index >= 15 is 0 Å². The minimum Gasteiger partial charge on any atom is -0.311 e. The Bertz CT molecular complexity index is 1950. The molecule has 48 heavy (non-hydrogen) atoms. The Kier molecular flexibility index (Phi) is 6.87. The van der Waals surface area contributed by atoms with E-state index < -0.39 is 0 Å². The highest BCUT2D eigenvalue weighted by molar-refractivity contribution is 6.99. The molecule has 0 amide bonds. The van der Waals surface area contributed by atoms with Crippen molar-refractivity contribution in [2.45, 2.75) is 143 Å². The molecule has 0 spiro atoms. The number of hydrogen-bond acceptors (Lipinski definition) is 1. The van der Waals surface area contributed by atoms with Crippen molar-refractivity contribution in [2.75, 3.05) is 4.90 Å². The smallest absolute Gasteiger partial charge is 0.247 e. The van der Waals surface area contributed by atoms with Crippen LogP contribution in [-0.4, -0.2) is 6.71 Å². The van der Waals surface area contributed by atoms with Gasteiger partial charge < -0.3 is 4.90 Å². The zero-order valence-corrected chi connectivity index (χ0v) is 32.6. The van der Waals surface area contributed by atoms with E-state index in [9.17, 15) is 0 Å². The number of hydrogen-bond donors (Lipinski definition) is 0. The summed E-state index contributed by atoms with van der Waals surface area (Å²) in [6, 6.07) is 27.3. The molecular formula is C46H58BN. The van der Waals surface area contributed by atoms with Crippen molar-refractivity contribution in [1.29, 1.82) is 0 Å². The molecule has 0 N–H and O–H groups in total. The van der Waals surface area contributed by atoms with Gasteiger partial charge in [0.1, 0.15) is 0 Å². The summed E-state index contributed by atoms with van der Waals surface area (Å²) in [6.45, 7) is 36.1. The highest BCUT2D eigenvalue weighted by atomic mass is 15.2. The van der Waals surface area contributed by atoms with Crippen LogP contribution in [0.25, 0.3) is 0 Å². The third-order valence-corrected chi connectivity index (χ3v) is 12.2. The Morgan fingerprint density at radius 3 is 1.65 bits per heavy atom. The molecule has 250 valence electrons. The Morgan fingerprint density at radius 2 is 1.08 bits per heavy atom. The number of nitrogens with zero attached hydrogens (tertiary/aromatic N) is 1. The van der Waals surface area contributed by atoms with Gasteiger partial charge in [0.05, 0.1) is 0 Å². The fourth-order valence-electron chi connectivity index (χ4n) is 9.49. The molecule has 1 nitrogen and oxygen atoms in total. The summed E-state index contributed by atoms with van der Waals surface area (Å²) >= 11 is 0. The highest BCUT2D eigenvalue weighted by Crippen LogP contribution is 2.52. The van der Waals surface area contributed by atoms with Crippen LogP contribution in [0.5, 0.6) is 0 Å². The summed E-state index contributed by atoms with van der Waals surface area (Å²) in [5.74, 6) is 0. The van der Waals surface area contributed by atoms with Crippen LogP contribution in [0.1, 0.15) is 149 Å². The maximum absolute atomic E-state index is 2.65. The van der Waals surface area contributed by atoms with Crippen LogP contribution >= 0.6 is 0 Å². The number of benzene rings is 4. The maximum Gasteiger partial charge on any atom is 0.247 e. The molecule has 0 radical (unpaired) electrons. The van der Waals surface area contributed by atoms with E-state index in [1.807, 2.05) is 0 Å². The first-order valence-electron chi connectivity index (χ1n) is 18.4. The first kappa shape index (κ1) is 33.3. The second-order valence-electron chi connectivity index (χ2n) is 20.4. The zero-order chi connectivity index (χ0) is 35.1. The average Bonchev–Trinajstić information content (AvgIpc) is 3.14. The predicted molar refractivity (Wildman–Crippen MR) is 211 cm³/mol. The van der Waals surface area contributed by atoms with Crippen molar-refractivity contribution in [1.82, 2.24) is 0 Å². The molecule has 2 aliphatic heterocycles. The van der Waals surface area contributed by atoms with E-state index in [1.165, 1.54) is 67.7 Å². The van der Waals surface area contributed by atoms with E-state index in [-0.39, 0.29) is 39.2 Å². The standard InChI is InChI=1S/C46H58BN/c1-41(2,3)28-19-20-36-39(24-28)48(31-22-29(42(4,5)6)21-30(23-31)43(7,8)9)38-18-16-17-32-40(38)47(36)37-26-34-33(25-35(37)46(32,14)15)44(10,11)27-45(34,12)13/h16-26H,27H2,1-15H3. The van der Waals surface area contributed by atoms with E-state index in [0.717, 1.165) is 0 Å². The Balaban J connectivity index is 1.59. The van der Waals surface area contributed by atoms with E-state index in [1.54, 1.807) is 11.1 Å². The summed E-state index contributed by atoms with van der Waals surface area (Å²) in [4.78, 5) is 2.63. The van der Waals surface area contributed by atoms with Crippen molar-refractivity contribution in [3.63, 3.8) is 0 Å². The number of fused-ring (bicyclic) bond motifs is 5. The van der Waals surface area contributed by atoms with Crippen LogP contribution in [0.15, 0.2) is 66.7 Å². The molecule has 2 heteroatoms. The van der Waals surface area contributed by atoms with E-state index in [2.05, 4.69) is 175 Å².